The van der Waals surface area contributed by atoms with E-state index in [0.717, 1.165) is 56.6 Å². The highest BCUT2D eigenvalue weighted by atomic mass is 32.1. The van der Waals surface area contributed by atoms with Gasteiger partial charge < -0.3 is 15.0 Å². The Morgan fingerprint density at radius 2 is 2.03 bits per heavy atom. The van der Waals surface area contributed by atoms with Crippen LogP contribution in [0.3, 0.4) is 0 Å². The third kappa shape index (κ3) is 3.39. The topological polar surface area (TPSA) is 50.3 Å². The van der Waals surface area contributed by atoms with Gasteiger partial charge in [0.25, 0.3) is 0 Å². The van der Waals surface area contributed by atoms with Crippen molar-refractivity contribution in [2.75, 3.05) is 23.9 Å². The average Bonchev–Trinajstić information content (AvgIpc) is 3.36. The lowest BCUT2D eigenvalue weighted by Crippen LogP contribution is -2.16. The molecule has 1 aliphatic rings. The van der Waals surface area contributed by atoms with E-state index in [0.29, 0.717) is 0 Å². The number of nitrogens with one attached hydrogen (secondary N) is 1. The molecule has 5 rings (SSSR count). The second-order valence-corrected chi connectivity index (χ2v) is 8.45. The number of methoxy groups -OCH3 is 1. The van der Waals surface area contributed by atoms with Gasteiger partial charge in [0.1, 0.15) is 5.75 Å². The van der Waals surface area contributed by atoms with Crippen LogP contribution in [-0.2, 0) is 6.42 Å². The number of anilines is 3. The molecule has 5 nitrogen and oxygen atoms in total. The van der Waals surface area contributed by atoms with Gasteiger partial charge in [0.05, 0.1) is 23.5 Å². The molecule has 6 heteroatoms. The van der Waals surface area contributed by atoms with Gasteiger partial charge >= 0.3 is 0 Å². The van der Waals surface area contributed by atoms with Crippen LogP contribution in [0, 0.1) is 0 Å². The van der Waals surface area contributed by atoms with E-state index in [-0.39, 0.29) is 0 Å². The van der Waals surface area contributed by atoms with E-state index in [1.165, 1.54) is 11.3 Å². The lowest BCUT2D eigenvalue weighted by atomic mass is 10.1. The Labute approximate surface area is 179 Å². The standard InChI is InChI=1S/C24H22N4OS/c1-15(2)28-9-8-16-4-6-19(12-22(16)28)26-24-27-21-7-5-17(11-23(21)30-24)18-10-20(29-3)14-25-13-18/h4-7,10-14H,1,8-9H2,2-3H3,(H,26,27). The molecule has 4 aromatic rings. The average molecular weight is 415 g/mol. The molecule has 2 aromatic heterocycles. The van der Waals surface area contributed by atoms with Gasteiger partial charge in [0.15, 0.2) is 5.13 Å². The molecular weight excluding hydrogens is 392 g/mol. The molecule has 0 fully saturated rings. The molecule has 0 bridgehead atoms. The molecule has 0 saturated heterocycles. The van der Waals surface area contributed by atoms with E-state index in [2.05, 4.69) is 65.1 Å². The Bertz CT molecular complexity index is 1260. The predicted molar refractivity (Wildman–Crippen MR) is 125 cm³/mol. The number of fused-ring (bicyclic) bond motifs is 2. The lowest BCUT2D eigenvalue weighted by molar-refractivity contribution is 0.413. The Hall–Kier alpha value is -3.38. The molecule has 0 aliphatic carbocycles. The summed E-state index contributed by atoms with van der Waals surface area (Å²) in [5.41, 5.74) is 7.82. The molecule has 1 aliphatic heterocycles. The van der Waals surface area contributed by atoms with Crippen molar-refractivity contribution in [2.45, 2.75) is 13.3 Å². The second-order valence-electron chi connectivity index (χ2n) is 7.42. The zero-order valence-electron chi connectivity index (χ0n) is 17.0. The first-order valence-corrected chi connectivity index (χ1v) is 10.7. The SMILES string of the molecule is C=C(C)N1CCc2ccc(Nc3nc4ccc(-c5cncc(OC)c5)cc4s3)cc21. The Kier molecular flexibility index (Phi) is 4.64. The summed E-state index contributed by atoms with van der Waals surface area (Å²) in [6, 6.07) is 14.8. The van der Waals surface area contributed by atoms with Crippen LogP contribution >= 0.6 is 11.3 Å². The molecule has 0 radical (unpaired) electrons. The lowest BCUT2D eigenvalue weighted by Gasteiger charge is -2.19. The van der Waals surface area contributed by atoms with Crippen molar-refractivity contribution >= 4 is 38.1 Å². The summed E-state index contributed by atoms with van der Waals surface area (Å²) in [6.45, 7) is 7.16. The number of aromatic nitrogens is 2. The number of ether oxygens (including phenoxy) is 1. The zero-order valence-corrected chi connectivity index (χ0v) is 17.8. The molecule has 1 N–H and O–H groups in total. The number of allylic oxidation sites excluding steroid dienone is 1. The summed E-state index contributed by atoms with van der Waals surface area (Å²) in [5, 5.41) is 4.36. The third-order valence-electron chi connectivity index (χ3n) is 5.36. The monoisotopic (exact) mass is 414 g/mol. The fraction of sp³-hybridized carbons (Fsp3) is 0.167. The number of hydrogen-bond donors (Lipinski definition) is 1. The molecule has 0 spiro atoms. The Balaban J connectivity index is 1.43. The van der Waals surface area contributed by atoms with Gasteiger partial charge in [-0.2, -0.15) is 0 Å². The first-order chi connectivity index (χ1) is 14.6. The van der Waals surface area contributed by atoms with Gasteiger partial charge in [0, 0.05) is 35.4 Å². The smallest absolute Gasteiger partial charge is 0.188 e. The number of pyridine rings is 1. The minimum absolute atomic E-state index is 0.750. The normalized spacial score (nSPS) is 12.8. The molecule has 2 aromatic carbocycles. The summed E-state index contributed by atoms with van der Waals surface area (Å²) in [5.74, 6) is 0.750. The van der Waals surface area contributed by atoms with Gasteiger partial charge in [-0.05, 0) is 54.8 Å². The summed E-state index contributed by atoms with van der Waals surface area (Å²) in [4.78, 5) is 11.3. The maximum atomic E-state index is 5.30. The van der Waals surface area contributed by atoms with Gasteiger partial charge in [-0.1, -0.05) is 30.0 Å². The van der Waals surface area contributed by atoms with Crippen molar-refractivity contribution in [3.05, 3.63) is 72.7 Å². The van der Waals surface area contributed by atoms with Crippen molar-refractivity contribution in [3.63, 3.8) is 0 Å². The quantitative estimate of drug-likeness (QED) is 0.434. The number of hydrogen-bond acceptors (Lipinski definition) is 6. The number of thiazole rings is 1. The highest BCUT2D eigenvalue weighted by molar-refractivity contribution is 7.22. The van der Waals surface area contributed by atoms with Gasteiger partial charge in [-0.3, -0.25) is 4.98 Å². The Morgan fingerprint density at radius 3 is 2.87 bits per heavy atom. The second kappa shape index (κ2) is 7.46. The van der Waals surface area contributed by atoms with Crippen molar-refractivity contribution in [1.29, 1.82) is 0 Å². The summed E-state index contributed by atoms with van der Waals surface area (Å²) >= 11 is 1.65. The van der Waals surface area contributed by atoms with Crippen LogP contribution < -0.4 is 15.0 Å². The fourth-order valence-corrected chi connectivity index (χ4v) is 4.75. The molecule has 30 heavy (non-hydrogen) atoms. The van der Waals surface area contributed by atoms with Crippen molar-refractivity contribution in [1.82, 2.24) is 9.97 Å². The van der Waals surface area contributed by atoms with E-state index in [1.54, 1.807) is 24.6 Å². The van der Waals surface area contributed by atoms with Crippen LogP contribution in [0.4, 0.5) is 16.5 Å². The number of rotatable bonds is 5. The van der Waals surface area contributed by atoms with Crippen LogP contribution in [0.5, 0.6) is 5.75 Å². The Morgan fingerprint density at radius 1 is 1.13 bits per heavy atom. The van der Waals surface area contributed by atoms with E-state index in [9.17, 15) is 0 Å². The van der Waals surface area contributed by atoms with E-state index >= 15 is 0 Å². The fourth-order valence-electron chi connectivity index (χ4n) is 3.82. The predicted octanol–water partition coefficient (Wildman–Crippen LogP) is 6.01. The van der Waals surface area contributed by atoms with Gasteiger partial charge in [-0.25, -0.2) is 4.98 Å². The van der Waals surface area contributed by atoms with E-state index in [4.69, 9.17) is 9.72 Å². The molecule has 150 valence electrons. The first-order valence-electron chi connectivity index (χ1n) is 9.84. The maximum Gasteiger partial charge on any atom is 0.188 e. The van der Waals surface area contributed by atoms with Gasteiger partial charge in [0.2, 0.25) is 0 Å². The summed E-state index contributed by atoms with van der Waals surface area (Å²) in [7, 11) is 1.65. The minimum atomic E-state index is 0.750. The van der Waals surface area contributed by atoms with Crippen LogP contribution in [0.2, 0.25) is 0 Å². The summed E-state index contributed by atoms with van der Waals surface area (Å²) in [6.07, 6.45) is 4.62. The largest absolute Gasteiger partial charge is 0.495 e. The molecule has 0 saturated carbocycles. The van der Waals surface area contributed by atoms with Crippen molar-refractivity contribution < 1.29 is 4.74 Å². The summed E-state index contributed by atoms with van der Waals surface area (Å²) < 4.78 is 6.42. The number of nitrogens with zero attached hydrogens (tertiary/aromatic N) is 3. The highest BCUT2D eigenvalue weighted by Gasteiger charge is 2.20. The molecule has 0 amide bonds. The van der Waals surface area contributed by atoms with Crippen LogP contribution in [0.15, 0.2) is 67.1 Å². The molecule has 0 atom stereocenters. The first kappa shape index (κ1) is 18.6. The van der Waals surface area contributed by atoms with Crippen LogP contribution in [0.25, 0.3) is 21.3 Å². The van der Waals surface area contributed by atoms with E-state index < -0.39 is 0 Å². The van der Waals surface area contributed by atoms with Crippen LogP contribution in [0.1, 0.15) is 12.5 Å². The number of benzene rings is 2. The maximum absolute atomic E-state index is 5.30. The molecule has 0 unspecified atom stereocenters. The minimum Gasteiger partial charge on any atom is -0.495 e. The van der Waals surface area contributed by atoms with Crippen molar-refractivity contribution in [3.8, 4) is 16.9 Å². The highest BCUT2D eigenvalue weighted by Crippen LogP contribution is 2.36. The zero-order chi connectivity index (χ0) is 20.7. The van der Waals surface area contributed by atoms with Crippen molar-refractivity contribution in [2.24, 2.45) is 0 Å². The van der Waals surface area contributed by atoms with E-state index in [1.807, 2.05) is 12.3 Å². The third-order valence-corrected chi connectivity index (χ3v) is 6.30. The molecule has 3 heterocycles. The van der Waals surface area contributed by atoms with Crippen LogP contribution in [-0.4, -0.2) is 23.6 Å². The van der Waals surface area contributed by atoms with Gasteiger partial charge in [-0.15, -0.1) is 0 Å². The molecular formula is C24H22N4OS.